The van der Waals surface area contributed by atoms with Gasteiger partial charge in [-0.2, -0.15) is 0 Å². The van der Waals surface area contributed by atoms with Crippen molar-refractivity contribution in [1.29, 1.82) is 0 Å². The van der Waals surface area contributed by atoms with Gasteiger partial charge in [0.25, 0.3) is 0 Å². The van der Waals surface area contributed by atoms with Crippen LogP contribution in [0.1, 0.15) is 37.3 Å². The van der Waals surface area contributed by atoms with Gasteiger partial charge in [-0.25, -0.2) is 9.97 Å². The molecule has 7 heteroatoms. The Morgan fingerprint density at radius 3 is 2.58 bits per heavy atom. The lowest BCUT2D eigenvalue weighted by Crippen LogP contribution is -2.36. The number of rotatable bonds is 6. The van der Waals surface area contributed by atoms with Gasteiger partial charge >= 0.3 is 0 Å². The van der Waals surface area contributed by atoms with Gasteiger partial charge in [0.15, 0.2) is 0 Å². The molecule has 0 atom stereocenters. The monoisotopic (exact) mass is 330 g/mol. The largest absolute Gasteiger partial charge is 0.367 e. The maximum Gasteiger partial charge on any atom is 0.150 e. The summed E-state index contributed by atoms with van der Waals surface area (Å²) in [5.41, 5.74) is 0. The van der Waals surface area contributed by atoms with Crippen molar-refractivity contribution < 1.29 is 4.52 Å². The standard InChI is InChI=1S/C17H26N6O/c1-12-20-16(10-17(21-12)23(2)3)22-14-6-4-13(5-7-14)18-11-15-8-9-19-24-15/h8-10,13-14,18H,4-7,11H2,1-3H3,(H,20,21,22). The van der Waals surface area contributed by atoms with Crippen LogP contribution in [0.4, 0.5) is 11.6 Å². The van der Waals surface area contributed by atoms with Gasteiger partial charge in [-0.05, 0) is 32.6 Å². The van der Waals surface area contributed by atoms with Crippen LogP contribution >= 0.6 is 0 Å². The van der Waals surface area contributed by atoms with E-state index in [0.717, 1.165) is 55.4 Å². The van der Waals surface area contributed by atoms with Crippen molar-refractivity contribution in [3.05, 3.63) is 29.9 Å². The second kappa shape index (κ2) is 7.61. The van der Waals surface area contributed by atoms with E-state index in [4.69, 9.17) is 4.52 Å². The van der Waals surface area contributed by atoms with Gasteiger partial charge in [0.05, 0.1) is 12.7 Å². The van der Waals surface area contributed by atoms with E-state index in [2.05, 4.69) is 25.8 Å². The first-order valence-electron chi connectivity index (χ1n) is 8.52. The van der Waals surface area contributed by atoms with Gasteiger partial charge < -0.3 is 20.1 Å². The first-order valence-corrected chi connectivity index (χ1v) is 8.52. The van der Waals surface area contributed by atoms with E-state index in [0.29, 0.717) is 12.1 Å². The van der Waals surface area contributed by atoms with Crippen molar-refractivity contribution in [2.45, 2.75) is 51.2 Å². The van der Waals surface area contributed by atoms with Crippen LogP contribution in [0.5, 0.6) is 0 Å². The highest BCUT2D eigenvalue weighted by Gasteiger charge is 2.21. The maximum atomic E-state index is 5.12. The summed E-state index contributed by atoms with van der Waals surface area (Å²) in [5, 5.41) is 10.9. The summed E-state index contributed by atoms with van der Waals surface area (Å²) in [6.45, 7) is 2.68. The Balaban J connectivity index is 1.48. The van der Waals surface area contributed by atoms with Crippen LogP contribution in [0.25, 0.3) is 0 Å². The zero-order valence-electron chi connectivity index (χ0n) is 14.6. The van der Waals surface area contributed by atoms with Gasteiger partial charge in [0, 0.05) is 38.3 Å². The second-order valence-electron chi connectivity index (χ2n) is 6.61. The second-order valence-corrected chi connectivity index (χ2v) is 6.61. The van der Waals surface area contributed by atoms with Crippen molar-refractivity contribution in [3.63, 3.8) is 0 Å². The number of hydrogen-bond acceptors (Lipinski definition) is 7. The van der Waals surface area contributed by atoms with E-state index < -0.39 is 0 Å². The predicted molar refractivity (Wildman–Crippen MR) is 94.1 cm³/mol. The smallest absolute Gasteiger partial charge is 0.150 e. The number of nitrogens with one attached hydrogen (secondary N) is 2. The summed E-state index contributed by atoms with van der Waals surface area (Å²) in [7, 11) is 3.99. The van der Waals surface area contributed by atoms with Gasteiger partial charge in [-0.1, -0.05) is 5.16 Å². The molecule has 0 radical (unpaired) electrons. The maximum absolute atomic E-state index is 5.12. The molecule has 2 N–H and O–H groups in total. The van der Waals surface area contributed by atoms with Crippen LogP contribution in [0, 0.1) is 6.92 Å². The summed E-state index contributed by atoms with van der Waals surface area (Å²) >= 11 is 0. The summed E-state index contributed by atoms with van der Waals surface area (Å²) in [5.74, 6) is 3.55. The van der Waals surface area contributed by atoms with Gasteiger partial charge in [0.1, 0.15) is 23.2 Å². The highest BCUT2D eigenvalue weighted by Crippen LogP contribution is 2.23. The van der Waals surface area contributed by atoms with E-state index >= 15 is 0 Å². The Kier molecular flexibility index (Phi) is 5.30. The predicted octanol–water partition coefficient (Wildman–Crippen LogP) is 2.35. The lowest BCUT2D eigenvalue weighted by Gasteiger charge is -2.30. The van der Waals surface area contributed by atoms with Crippen molar-refractivity contribution in [2.24, 2.45) is 0 Å². The molecule has 0 saturated heterocycles. The third-order valence-corrected chi connectivity index (χ3v) is 4.42. The fourth-order valence-electron chi connectivity index (χ4n) is 3.08. The molecule has 1 aliphatic rings. The summed E-state index contributed by atoms with van der Waals surface area (Å²) in [6.07, 6.45) is 6.25. The Morgan fingerprint density at radius 1 is 1.17 bits per heavy atom. The SMILES string of the molecule is Cc1nc(NC2CCC(NCc3ccno3)CC2)cc(N(C)C)n1. The third kappa shape index (κ3) is 4.44. The summed E-state index contributed by atoms with van der Waals surface area (Å²) in [6, 6.07) is 4.93. The molecule has 2 aromatic heterocycles. The Bertz CT molecular complexity index is 635. The van der Waals surface area contributed by atoms with Gasteiger partial charge in [0.2, 0.25) is 0 Å². The quantitative estimate of drug-likeness (QED) is 0.841. The van der Waals surface area contributed by atoms with Crippen molar-refractivity contribution in [2.75, 3.05) is 24.3 Å². The van der Waals surface area contributed by atoms with Crippen LogP contribution < -0.4 is 15.5 Å². The Labute approximate surface area is 142 Å². The van der Waals surface area contributed by atoms with Crippen LogP contribution in [-0.2, 0) is 6.54 Å². The van der Waals surface area contributed by atoms with E-state index in [1.807, 2.05) is 38.1 Å². The van der Waals surface area contributed by atoms with E-state index in [1.54, 1.807) is 6.20 Å². The summed E-state index contributed by atoms with van der Waals surface area (Å²) in [4.78, 5) is 11.0. The topological polar surface area (TPSA) is 79.1 Å². The molecular weight excluding hydrogens is 304 g/mol. The molecule has 1 fully saturated rings. The fourth-order valence-corrected chi connectivity index (χ4v) is 3.08. The average Bonchev–Trinajstić information content (AvgIpc) is 3.07. The van der Waals surface area contributed by atoms with Crippen LogP contribution in [0.3, 0.4) is 0 Å². The molecule has 2 heterocycles. The summed E-state index contributed by atoms with van der Waals surface area (Å²) < 4.78 is 5.12. The highest BCUT2D eigenvalue weighted by molar-refractivity contribution is 5.49. The average molecular weight is 330 g/mol. The van der Waals surface area contributed by atoms with Gasteiger partial charge in [-0.15, -0.1) is 0 Å². The van der Waals surface area contributed by atoms with Crippen LogP contribution in [-0.4, -0.2) is 41.3 Å². The third-order valence-electron chi connectivity index (χ3n) is 4.42. The van der Waals surface area contributed by atoms with E-state index in [1.165, 1.54) is 0 Å². The molecule has 1 saturated carbocycles. The first kappa shape index (κ1) is 16.7. The molecule has 130 valence electrons. The highest BCUT2D eigenvalue weighted by atomic mass is 16.5. The number of aromatic nitrogens is 3. The van der Waals surface area contributed by atoms with Crippen molar-refractivity contribution in [1.82, 2.24) is 20.4 Å². The minimum Gasteiger partial charge on any atom is -0.367 e. The molecule has 0 aromatic carbocycles. The Hall–Kier alpha value is -2.15. The molecule has 1 aliphatic carbocycles. The normalized spacial score (nSPS) is 20.8. The number of anilines is 2. The molecule has 0 bridgehead atoms. The van der Waals surface area contributed by atoms with Gasteiger partial charge in [-0.3, -0.25) is 0 Å². The molecule has 3 rings (SSSR count). The number of hydrogen-bond donors (Lipinski definition) is 2. The van der Waals surface area contributed by atoms with E-state index in [-0.39, 0.29) is 0 Å². The van der Waals surface area contributed by atoms with Crippen molar-refractivity contribution in [3.8, 4) is 0 Å². The molecular formula is C17H26N6O. The minimum atomic E-state index is 0.470. The molecule has 2 aromatic rings. The van der Waals surface area contributed by atoms with Crippen molar-refractivity contribution >= 4 is 11.6 Å². The zero-order chi connectivity index (χ0) is 16.9. The van der Waals surface area contributed by atoms with E-state index in [9.17, 15) is 0 Å². The molecule has 0 unspecified atom stereocenters. The fraction of sp³-hybridized carbons (Fsp3) is 0.588. The lowest BCUT2D eigenvalue weighted by molar-refractivity contribution is 0.322. The minimum absolute atomic E-state index is 0.470. The number of aryl methyl sites for hydroxylation is 1. The zero-order valence-corrected chi connectivity index (χ0v) is 14.6. The molecule has 24 heavy (non-hydrogen) atoms. The van der Waals surface area contributed by atoms with Crippen LogP contribution in [0.2, 0.25) is 0 Å². The van der Waals surface area contributed by atoms with Crippen LogP contribution in [0.15, 0.2) is 22.9 Å². The Morgan fingerprint density at radius 2 is 1.92 bits per heavy atom. The molecule has 0 spiro atoms. The molecule has 0 aliphatic heterocycles. The lowest BCUT2D eigenvalue weighted by atomic mass is 9.91. The molecule has 0 amide bonds. The first-order chi connectivity index (χ1) is 11.6. The molecule has 7 nitrogen and oxygen atoms in total. The number of nitrogens with zero attached hydrogens (tertiary/aromatic N) is 4.